The van der Waals surface area contributed by atoms with Gasteiger partial charge < -0.3 is 20.1 Å². The van der Waals surface area contributed by atoms with Gasteiger partial charge in [-0.25, -0.2) is 0 Å². The first-order valence-corrected chi connectivity index (χ1v) is 11.8. The summed E-state index contributed by atoms with van der Waals surface area (Å²) in [5, 5.41) is 11.8. The first-order valence-electron chi connectivity index (χ1n) is 11.8. The summed E-state index contributed by atoms with van der Waals surface area (Å²) in [6.07, 6.45) is 5.36. The van der Waals surface area contributed by atoms with Crippen molar-refractivity contribution in [2.45, 2.75) is 57.6 Å². The van der Waals surface area contributed by atoms with Crippen LogP contribution in [0.3, 0.4) is 0 Å². The van der Waals surface area contributed by atoms with Crippen molar-refractivity contribution in [1.82, 2.24) is 10.2 Å². The van der Waals surface area contributed by atoms with E-state index in [0.717, 1.165) is 38.7 Å². The van der Waals surface area contributed by atoms with Gasteiger partial charge in [0.2, 0.25) is 5.91 Å². The van der Waals surface area contributed by atoms with Gasteiger partial charge in [-0.05, 0) is 43.6 Å². The van der Waals surface area contributed by atoms with Crippen molar-refractivity contribution in [2.75, 3.05) is 27.2 Å². The fourth-order valence-corrected chi connectivity index (χ4v) is 3.75. The van der Waals surface area contributed by atoms with Crippen molar-refractivity contribution in [2.24, 2.45) is 0 Å². The lowest BCUT2D eigenvalue weighted by atomic mass is 10.0. The van der Waals surface area contributed by atoms with Gasteiger partial charge in [0.05, 0.1) is 19.1 Å². The Morgan fingerprint density at radius 3 is 2.21 bits per heavy atom. The number of ether oxygens (including phenoxy) is 1. The number of nitrogens with zero attached hydrogens (tertiary/aromatic N) is 1. The van der Waals surface area contributed by atoms with Gasteiger partial charge in [-0.15, -0.1) is 0 Å². The normalized spacial score (nSPS) is 12.0. The van der Waals surface area contributed by atoms with E-state index < -0.39 is 5.97 Å². The first kappa shape index (κ1) is 26.6. The van der Waals surface area contributed by atoms with Gasteiger partial charge in [0, 0.05) is 19.6 Å². The van der Waals surface area contributed by atoms with Crippen LogP contribution in [0.15, 0.2) is 54.6 Å². The summed E-state index contributed by atoms with van der Waals surface area (Å²) in [5.74, 6) is -0.960. The van der Waals surface area contributed by atoms with Crippen molar-refractivity contribution in [1.29, 1.82) is 0 Å². The Bertz CT molecular complexity index is 822. The van der Waals surface area contributed by atoms with Crippen molar-refractivity contribution >= 4 is 11.9 Å². The molecule has 0 aromatic heterocycles. The lowest BCUT2D eigenvalue weighted by Crippen LogP contribution is -2.42. The highest BCUT2D eigenvalue weighted by atomic mass is 16.5. The molecule has 0 heterocycles. The Kier molecular flexibility index (Phi) is 12.2. The van der Waals surface area contributed by atoms with E-state index in [9.17, 15) is 9.59 Å². The van der Waals surface area contributed by atoms with Gasteiger partial charge in [0.25, 0.3) is 0 Å². The molecule has 2 aromatic rings. The SMILES string of the molecule is CN(C)C[C@@H](CC(=O)O)NC(=O)CCCCCCCOCc1ccc(-c2ccccc2)cc1. The van der Waals surface area contributed by atoms with Crippen LogP contribution in [0, 0.1) is 0 Å². The van der Waals surface area contributed by atoms with Crippen LogP contribution in [0.25, 0.3) is 11.1 Å². The highest BCUT2D eigenvalue weighted by Crippen LogP contribution is 2.19. The van der Waals surface area contributed by atoms with Crippen LogP contribution in [0.4, 0.5) is 0 Å². The number of carboxylic acids is 1. The standard InChI is InChI=1S/C27H38N2O4/c1-29(2)20-25(19-27(31)32)28-26(30)13-9-4-3-5-10-18-33-21-22-14-16-24(17-15-22)23-11-7-6-8-12-23/h6-8,11-12,14-17,25H,3-5,9-10,13,18-21H2,1-2H3,(H,28,30)(H,31,32)/t25-/m1/s1. The third-order valence-electron chi connectivity index (χ3n) is 5.39. The number of rotatable bonds is 16. The topological polar surface area (TPSA) is 78.9 Å². The molecular formula is C27H38N2O4. The Labute approximate surface area is 198 Å². The fourth-order valence-electron chi connectivity index (χ4n) is 3.75. The van der Waals surface area contributed by atoms with E-state index in [4.69, 9.17) is 9.84 Å². The summed E-state index contributed by atoms with van der Waals surface area (Å²) in [6.45, 7) is 1.89. The van der Waals surface area contributed by atoms with Crippen LogP contribution in [-0.4, -0.2) is 55.2 Å². The average molecular weight is 455 g/mol. The van der Waals surface area contributed by atoms with E-state index in [1.54, 1.807) is 0 Å². The monoisotopic (exact) mass is 454 g/mol. The van der Waals surface area contributed by atoms with Crippen molar-refractivity contribution < 1.29 is 19.4 Å². The van der Waals surface area contributed by atoms with Gasteiger partial charge in [0.1, 0.15) is 0 Å². The van der Waals surface area contributed by atoms with Crippen LogP contribution >= 0.6 is 0 Å². The highest BCUT2D eigenvalue weighted by molar-refractivity contribution is 5.77. The predicted molar refractivity (Wildman–Crippen MR) is 132 cm³/mol. The van der Waals surface area contributed by atoms with Gasteiger partial charge in [-0.1, -0.05) is 73.9 Å². The summed E-state index contributed by atoms with van der Waals surface area (Å²) < 4.78 is 5.80. The molecule has 0 saturated carbocycles. The highest BCUT2D eigenvalue weighted by Gasteiger charge is 2.16. The molecule has 0 saturated heterocycles. The number of carbonyl (C=O) groups excluding carboxylic acids is 1. The third-order valence-corrected chi connectivity index (χ3v) is 5.39. The molecule has 6 nitrogen and oxygen atoms in total. The minimum Gasteiger partial charge on any atom is -0.481 e. The van der Waals surface area contributed by atoms with Crippen LogP contribution in [-0.2, 0) is 20.9 Å². The Morgan fingerprint density at radius 2 is 1.55 bits per heavy atom. The molecule has 0 spiro atoms. The summed E-state index contributed by atoms with van der Waals surface area (Å²) in [7, 11) is 3.73. The maximum atomic E-state index is 12.1. The van der Waals surface area contributed by atoms with Gasteiger partial charge >= 0.3 is 5.97 Å². The summed E-state index contributed by atoms with van der Waals surface area (Å²) >= 11 is 0. The molecule has 0 fully saturated rings. The maximum Gasteiger partial charge on any atom is 0.305 e. The summed E-state index contributed by atoms with van der Waals surface area (Å²) in [5.41, 5.74) is 3.61. The zero-order valence-electron chi connectivity index (χ0n) is 20.0. The molecule has 0 aliphatic carbocycles. The molecule has 2 rings (SSSR count). The van der Waals surface area contributed by atoms with Gasteiger partial charge in [0.15, 0.2) is 0 Å². The zero-order valence-corrected chi connectivity index (χ0v) is 20.0. The molecule has 2 aromatic carbocycles. The van der Waals surface area contributed by atoms with Crippen LogP contribution in [0.2, 0.25) is 0 Å². The van der Waals surface area contributed by atoms with Crippen molar-refractivity contribution in [3.8, 4) is 11.1 Å². The minimum atomic E-state index is -0.895. The molecule has 1 amide bonds. The van der Waals surface area contributed by atoms with Crippen molar-refractivity contribution in [3.05, 3.63) is 60.2 Å². The van der Waals surface area contributed by atoms with Crippen LogP contribution < -0.4 is 5.32 Å². The number of likely N-dealkylation sites (N-methyl/N-ethyl adjacent to an activating group) is 1. The molecule has 2 N–H and O–H groups in total. The molecule has 33 heavy (non-hydrogen) atoms. The molecule has 0 radical (unpaired) electrons. The molecule has 6 heteroatoms. The van der Waals surface area contributed by atoms with Crippen LogP contribution in [0.1, 0.15) is 50.5 Å². The lowest BCUT2D eigenvalue weighted by molar-refractivity contribution is -0.137. The molecule has 180 valence electrons. The van der Waals surface area contributed by atoms with Gasteiger partial charge in [-0.3, -0.25) is 9.59 Å². The minimum absolute atomic E-state index is 0.0545. The van der Waals surface area contributed by atoms with Crippen LogP contribution in [0.5, 0.6) is 0 Å². The molecule has 0 aliphatic rings. The van der Waals surface area contributed by atoms with E-state index in [1.165, 1.54) is 16.7 Å². The number of amides is 1. The number of carbonyl (C=O) groups is 2. The predicted octanol–water partition coefficient (Wildman–Crippen LogP) is 4.73. The fraction of sp³-hybridized carbons (Fsp3) is 0.481. The Morgan fingerprint density at radius 1 is 0.909 bits per heavy atom. The molecule has 0 bridgehead atoms. The van der Waals surface area contributed by atoms with E-state index >= 15 is 0 Å². The summed E-state index contributed by atoms with van der Waals surface area (Å²) in [4.78, 5) is 24.9. The van der Waals surface area contributed by atoms with Gasteiger partial charge in [-0.2, -0.15) is 0 Å². The quantitative estimate of drug-likeness (QED) is 0.359. The Balaban J connectivity index is 1.50. The maximum absolute atomic E-state index is 12.1. The number of nitrogens with one attached hydrogen (secondary N) is 1. The molecule has 0 aliphatic heterocycles. The average Bonchev–Trinajstić information content (AvgIpc) is 2.78. The summed E-state index contributed by atoms with van der Waals surface area (Å²) in [6, 6.07) is 18.5. The zero-order chi connectivity index (χ0) is 23.9. The van der Waals surface area contributed by atoms with E-state index in [0.29, 0.717) is 19.6 Å². The largest absolute Gasteiger partial charge is 0.481 e. The van der Waals surface area contributed by atoms with E-state index in [-0.39, 0.29) is 18.4 Å². The first-order chi connectivity index (χ1) is 15.9. The number of hydrogen-bond donors (Lipinski definition) is 2. The number of benzene rings is 2. The Hall–Kier alpha value is -2.70. The van der Waals surface area contributed by atoms with E-state index in [1.807, 2.05) is 37.2 Å². The number of unbranched alkanes of at least 4 members (excludes halogenated alkanes) is 4. The van der Waals surface area contributed by atoms with Crippen molar-refractivity contribution in [3.63, 3.8) is 0 Å². The molecule has 0 unspecified atom stereocenters. The second kappa shape index (κ2) is 15.2. The number of hydrogen-bond acceptors (Lipinski definition) is 4. The number of aliphatic carboxylic acids is 1. The molecular weight excluding hydrogens is 416 g/mol. The second-order valence-electron chi connectivity index (χ2n) is 8.76. The van der Waals surface area contributed by atoms with E-state index in [2.05, 4.69) is 41.7 Å². The third kappa shape index (κ3) is 11.6. The molecule has 1 atom stereocenters. The number of carboxylic acid groups (broad SMARTS) is 1. The second-order valence-corrected chi connectivity index (χ2v) is 8.76. The smallest absolute Gasteiger partial charge is 0.305 e. The lowest BCUT2D eigenvalue weighted by Gasteiger charge is -2.20.